The number of aliphatic hydroxyl groups excluding tert-OH is 1. The van der Waals surface area contributed by atoms with Crippen LogP contribution in [0.1, 0.15) is 36.5 Å². The zero-order valence-corrected chi connectivity index (χ0v) is 13.2. The third kappa shape index (κ3) is 3.09. The normalized spacial score (nSPS) is 13.9. The lowest BCUT2D eigenvalue weighted by molar-refractivity contribution is 0.280. The first-order chi connectivity index (χ1) is 10.7. The highest BCUT2D eigenvalue weighted by molar-refractivity contribution is 5.61. The van der Waals surface area contributed by atoms with Gasteiger partial charge in [-0.15, -0.1) is 0 Å². The fourth-order valence-corrected chi connectivity index (χ4v) is 2.81. The number of nitrogens with zero attached hydrogens (tertiary/aromatic N) is 1. The molecule has 0 spiro atoms. The zero-order chi connectivity index (χ0) is 15.5. The van der Waals surface area contributed by atoms with Gasteiger partial charge in [-0.2, -0.15) is 0 Å². The Labute approximate surface area is 132 Å². The Hall–Kier alpha value is -2.00. The molecule has 1 heterocycles. The second-order valence-corrected chi connectivity index (χ2v) is 6.13. The average molecular weight is 297 g/mol. The van der Waals surface area contributed by atoms with Crippen molar-refractivity contribution in [1.29, 1.82) is 0 Å². The summed E-state index contributed by atoms with van der Waals surface area (Å²) in [4.78, 5) is 2.32. The third-order valence-corrected chi connectivity index (χ3v) is 4.19. The predicted molar refractivity (Wildman–Crippen MR) is 89.4 cm³/mol. The number of rotatable bonds is 4. The van der Waals surface area contributed by atoms with E-state index in [9.17, 15) is 5.11 Å². The van der Waals surface area contributed by atoms with E-state index < -0.39 is 0 Å². The average Bonchev–Trinajstić information content (AvgIpc) is 2.55. The van der Waals surface area contributed by atoms with Gasteiger partial charge in [-0.05, 0) is 34.7 Å². The van der Waals surface area contributed by atoms with Gasteiger partial charge in [0.15, 0.2) is 0 Å². The minimum Gasteiger partial charge on any atom is -0.490 e. The van der Waals surface area contributed by atoms with Crippen LogP contribution in [0.4, 0.5) is 5.69 Å². The van der Waals surface area contributed by atoms with Crippen LogP contribution in [-0.2, 0) is 13.2 Å². The van der Waals surface area contributed by atoms with Crippen molar-refractivity contribution in [2.75, 3.05) is 18.1 Å². The first kappa shape index (κ1) is 14.9. The largest absolute Gasteiger partial charge is 0.490 e. The van der Waals surface area contributed by atoms with Crippen molar-refractivity contribution in [3.8, 4) is 5.75 Å². The van der Waals surface area contributed by atoms with Crippen LogP contribution in [0.5, 0.6) is 5.75 Å². The highest BCUT2D eigenvalue weighted by atomic mass is 16.5. The monoisotopic (exact) mass is 297 g/mol. The van der Waals surface area contributed by atoms with Gasteiger partial charge in [0.2, 0.25) is 0 Å². The highest BCUT2D eigenvalue weighted by Gasteiger charge is 2.18. The Kier molecular flexibility index (Phi) is 4.34. The van der Waals surface area contributed by atoms with Gasteiger partial charge in [0.1, 0.15) is 12.4 Å². The molecule has 0 amide bonds. The van der Waals surface area contributed by atoms with Gasteiger partial charge in [-0.1, -0.05) is 44.2 Å². The van der Waals surface area contributed by atoms with E-state index in [1.807, 2.05) is 18.2 Å². The summed E-state index contributed by atoms with van der Waals surface area (Å²) in [5.74, 6) is 1.47. The Balaban J connectivity index is 1.82. The van der Waals surface area contributed by atoms with Gasteiger partial charge in [0.05, 0.1) is 18.8 Å². The van der Waals surface area contributed by atoms with Crippen molar-refractivity contribution in [3.63, 3.8) is 0 Å². The Morgan fingerprint density at radius 3 is 2.50 bits per heavy atom. The standard InChI is InChI=1S/C19H23NO2/c1-14(2)17-6-3-15(4-7-17)12-20-9-10-22-19-8-5-16(13-21)11-18(19)20/h3-8,11,14,21H,9-10,12-13H2,1-2H3. The smallest absolute Gasteiger partial charge is 0.142 e. The minimum absolute atomic E-state index is 0.0597. The molecule has 0 unspecified atom stereocenters. The minimum atomic E-state index is 0.0597. The highest BCUT2D eigenvalue weighted by Crippen LogP contribution is 2.33. The number of hydrogen-bond donors (Lipinski definition) is 1. The molecule has 1 aliphatic rings. The van der Waals surface area contributed by atoms with Crippen LogP contribution in [-0.4, -0.2) is 18.3 Å². The summed E-state index contributed by atoms with van der Waals surface area (Å²) in [6, 6.07) is 14.7. The van der Waals surface area contributed by atoms with E-state index in [1.54, 1.807) is 0 Å². The molecule has 3 heteroatoms. The van der Waals surface area contributed by atoms with E-state index in [1.165, 1.54) is 11.1 Å². The van der Waals surface area contributed by atoms with Gasteiger partial charge in [0, 0.05) is 6.54 Å². The number of anilines is 1. The fraction of sp³-hybridized carbons (Fsp3) is 0.368. The molecule has 0 aromatic heterocycles. The van der Waals surface area contributed by atoms with E-state index in [0.717, 1.165) is 30.1 Å². The van der Waals surface area contributed by atoms with Crippen molar-refractivity contribution in [1.82, 2.24) is 0 Å². The summed E-state index contributed by atoms with van der Waals surface area (Å²) in [5.41, 5.74) is 4.66. The third-order valence-electron chi connectivity index (χ3n) is 4.19. The molecule has 116 valence electrons. The van der Waals surface area contributed by atoms with Gasteiger partial charge >= 0.3 is 0 Å². The van der Waals surface area contributed by atoms with Gasteiger partial charge in [0.25, 0.3) is 0 Å². The van der Waals surface area contributed by atoms with Crippen molar-refractivity contribution < 1.29 is 9.84 Å². The lowest BCUT2D eigenvalue weighted by Gasteiger charge is -2.31. The van der Waals surface area contributed by atoms with E-state index in [0.29, 0.717) is 12.5 Å². The molecule has 0 radical (unpaired) electrons. The Bertz CT molecular complexity index is 634. The first-order valence-corrected chi connectivity index (χ1v) is 7.87. The molecule has 3 nitrogen and oxygen atoms in total. The maximum absolute atomic E-state index is 9.34. The molecule has 2 aromatic carbocycles. The molecule has 22 heavy (non-hydrogen) atoms. The summed E-state index contributed by atoms with van der Waals surface area (Å²) in [6.07, 6.45) is 0. The van der Waals surface area contributed by atoms with Crippen LogP contribution in [0, 0.1) is 0 Å². The quantitative estimate of drug-likeness (QED) is 0.934. The van der Waals surface area contributed by atoms with Crippen molar-refractivity contribution in [2.24, 2.45) is 0 Å². The van der Waals surface area contributed by atoms with E-state index >= 15 is 0 Å². The van der Waals surface area contributed by atoms with Gasteiger partial charge in [-0.25, -0.2) is 0 Å². The lowest BCUT2D eigenvalue weighted by atomic mass is 10.0. The number of hydrogen-bond acceptors (Lipinski definition) is 3. The maximum atomic E-state index is 9.34. The molecule has 0 saturated carbocycles. The van der Waals surface area contributed by atoms with Crippen molar-refractivity contribution in [2.45, 2.75) is 32.9 Å². The molecule has 0 atom stereocenters. The molecule has 3 rings (SSSR count). The second-order valence-electron chi connectivity index (χ2n) is 6.13. The van der Waals surface area contributed by atoms with Crippen LogP contribution in [0.2, 0.25) is 0 Å². The maximum Gasteiger partial charge on any atom is 0.142 e. The molecular weight excluding hydrogens is 274 g/mol. The van der Waals surface area contributed by atoms with E-state index in [-0.39, 0.29) is 6.61 Å². The van der Waals surface area contributed by atoms with E-state index in [4.69, 9.17) is 4.74 Å². The number of ether oxygens (including phenoxy) is 1. The topological polar surface area (TPSA) is 32.7 Å². The number of aliphatic hydroxyl groups is 1. The van der Waals surface area contributed by atoms with Crippen molar-refractivity contribution in [3.05, 3.63) is 59.2 Å². The van der Waals surface area contributed by atoms with Crippen LogP contribution in [0.3, 0.4) is 0 Å². The molecule has 0 aliphatic carbocycles. The molecular formula is C19H23NO2. The van der Waals surface area contributed by atoms with Crippen LogP contribution >= 0.6 is 0 Å². The number of benzene rings is 2. The predicted octanol–water partition coefficient (Wildman–Crippen LogP) is 3.70. The summed E-state index contributed by atoms with van der Waals surface area (Å²) in [5, 5.41) is 9.34. The number of fused-ring (bicyclic) bond motifs is 1. The molecule has 0 bridgehead atoms. The SMILES string of the molecule is CC(C)c1ccc(CN2CCOc3ccc(CO)cc32)cc1. The fourth-order valence-electron chi connectivity index (χ4n) is 2.81. The van der Waals surface area contributed by atoms with Crippen LogP contribution in [0.25, 0.3) is 0 Å². The molecule has 0 saturated heterocycles. The summed E-state index contributed by atoms with van der Waals surface area (Å²) in [6.45, 7) is 6.92. The zero-order valence-electron chi connectivity index (χ0n) is 13.2. The van der Waals surface area contributed by atoms with Gasteiger partial charge in [-0.3, -0.25) is 0 Å². The van der Waals surface area contributed by atoms with Crippen LogP contribution in [0.15, 0.2) is 42.5 Å². The second kappa shape index (κ2) is 6.41. The van der Waals surface area contributed by atoms with Crippen LogP contribution < -0.4 is 9.64 Å². The van der Waals surface area contributed by atoms with E-state index in [2.05, 4.69) is 43.0 Å². The Morgan fingerprint density at radius 1 is 1.09 bits per heavy atom. The summed E-state index contributed by atoms with van der Waals surface area (Å²) >= 11 is 0. The first-order valence-electron chi connectivity index (χ1n) is 7.87. The summed E-state index contributed by atoms with van der Waals surface area (Å²) < 4.78 is 5.72. The van der Waals surface area contributed by atoms with Gasteiger partial charge < -0.3 is 14.7 Å². The Morgan fingerprint density at radius 2 is 1.82 bits per heavy atom. The van der Waals surface area contributed by atoms with Crippen molar-refractivity contribution >= 4 is 5.69 Å². The lowest BCUT2D eigenvalue weighted by Crippen LogP contribution is -2.32. The molecule has 0 fully saturated rings. The summed E-state index contributed by atoms with van der Waals surface area (Å²) in [7, 11) is 0. The molecule has 1 N–H and O–H groups in total. The molecule has 2 aromatic rings. The molecule has 1 aliphatic heterocycles.